The molecule has 78 valence electrons. The summed E-state index contributed by atoms with van der Waals surface area (Å²) >= 11 is 9.13. The molecule has 0 atom stereocenters. The third kappa shape index (κ3) is 2.21. The molecule has 2 nitrogen and oxygen atoms in total. The topological polar surface area (TPSA) is 26.0 Å². The lowest BCUT2D eigenvalue weighted by molar-refractivity contribution is 0.398. The lowest BCUT2D eigenvalue weighted by Gasteiger charge is -1.98. The molecule has 0 saturated heterocycles. The summed E-state index contributed by atoms with van der Waals surface area (Å²) in [6, 6.07) is 5.92. The maximum absolute atomic E-state index is 12.8. The van der Waals surface area contributed by atoms with Gasteiger partial charge < -0.3 is 4.52 Å². The molecule has 0 spiro atoms. The average molecular weight is 291 g/mol. The predicted molar refractivity (Wildman–Crippen MR) is 59.5 cm³/mol. The molecule has 0 amide bonds. The van der Waals surface area contributed by atoms with E-state index in [2.05, 4.69) is 21.1 Å². The molecule has 0 aliphatic rings. The molecule has 0 aliphatic heterocycles. The fourth-order valence-corrected chi connectivity index (χ4v) is 1.73. The standard InChI is InChI=1S/C10H6BrClFNO/c11-5-7-4-10(14-15-7)8-2-1-6(13)3-9(8)12/h1-4H,5H2. The quantitative estimate of drug-likeness (QED) is 0.781. The number of nitrogens with zero attached hydrogens (tertiary/aromatic N) is 1. The van der Waals surface area contributed by atoms with Crippen molar-refractivity contribution in [1.29, 1.82) is 0 Å². The first kappa shape index (κ1) is 10.6. The lowest BCUT2D eigenvalue weighted by atomic mass is 10.1. The van der Waals surface area contributed by atoms with E-state index in [9.17, 15) is 4.39 Å². The maximum atomic E-state index is 12.8. The zero-order chi connectivity index (χ0) is 10.8. The summed E-state index contributed by atoms with van der Waals surface area (Å²) in [6.07, 6.45) is 0. The molecule has 0 aliphatic carbocycles. The van der Waals surface area contributed by atoms with Crippen molar-refractivity contribution in [2.24, 2.45) is 0 Å². The summed E-state index contributed by atoms with van der Waals surface area (Å²) < 4.78 is 17.8. The maximum Gasteiger partial charge on any atom is 0.147 e. The molecule has 2 rings (SSSR count). The summed E-state index contributed by atoms with van der Waals surface area (Å²) in [6.45, 7) is 0. The normalized spacial score (nSPS) is 10.6. The summed E-state index contributed by atoms with van der Waals surface area (Å²) in [4.78, 5) is 0. The Morgan fingerprint density at radius 3 is 2.80 bits per heavy atom. The molecule has 0 bridgehead atoms. The van der Waals surface area contributed by atoms with E-state index in [1.54, 1.807) is 12.1 Å². The Hall–Kier alpha value is -0.870. The Bertz CT molecular complexity index is 486. The molecule has 0 saturated carbocycles. The lowest BCUT2D eigenvalue weighted by Crippen LogP contribution is -1.81. The van der Waals surface area contributed by atoms with Crippen molar-refractivity contribution in [3.63, 3.8) is 0 Å². The highest BCUT2D eigenvalue weighted by molar-refractivity contribution is 9.08. The highest BCUT2D eigenvalue weighted by atomic mass is 79.9. The third-order valence-corrected chi connectivity index (χ3v) is 2.76. The van der Waals surface area contributed by atoms with Gasteiger partial charge in [-0.25, -0.2) is 4.39 Å². The molecule has 0 fully saturated rings. The molecule has 5 heteroatoms. The minimum atomic E-state index is -0.368. The van der Waals surface area contributed by atoms with Crippen LogP contribution in [0.25, 0.3) is 11.3 Å². The molecule has 0 N–H and O–H groups in total. The Labute approximate surface area is 99.2 Å². The van der Waals surface area contributed by atoms with Gasteiger partial charge in [0.15, 0.2) is 0 Å². The Balaban J connectivity index is 2.44. The zero-order valence-electron chi connectivity index (χ0n) is 7.51. The summed E-state index contributed by atoms with van der Waals surface area (Å²) in [5, 5.41) is 4.74. The number of benzene rings is 1. The SMILES string of the molecule is Fc1ccc(-c2cc(CBr)on2)c(Cl)c1. The van der Waals surface area contributed by atoms with E-state index >= 15 is 0 Å². The Morgan fingerprint density at radius 1 is 1.40 bits per heavy atom. The molecule has 15 heavy (non-hydrogen) atoms. The van der Waals surface area contributed by atoms with Gasteiger partial charge in [-0.15, -0.1) is 0 Å². The van der Waals surface area contributed by atoms with Crippen LogP contribution in [0.3, 0.4) is 0 Å². The van der Waals surface area contributed by atoms with E-state index in [-0.39, 0.29) is 5.82 Å². The number of hydrogen-bond donors (Lipinski definition) is 0. The van der Waals surface area contributed by atoms with Crippen LogP contribution in [0.15, 0.2) is 28.8 Å². The van der Waals surface area contributed by atoms with E-state index in [0.717, 1.165) is 0 Å². The van der Waals surface area contributed by atoms with Crippen molar-refractivity contribution in [3.8, 4) is 11.3 Å². The second kappa shape index (κ2) is 4.33. The van der Waals surface area contributed by atoms with Crippen LogP contribution < -0.4 is 0 Å². The van der Waals surface area contributed by atoms with Crippen molar-refractivity contribution in [2.45, 2.75) is 5.33 Å². The Kier molecular flexibility index (Phi) is 3.07. The molecule has 1 aromatic carbocycles. The first-order valence-corrected chi connectivity index (χ1v) is 5.67. The van der Waals surface area contributed by atoms with E-state index in [0.29, 0.717) is 27.4 Å². The van der Waals surface area contributed by atoms with Crippen molar-refractivity contribution in [2.75, 3.05) is 0 Å². The Morgan fingerprint density at radius 2 is 2.20 bits per heavy atom. The van der Waals surface area contributed by atoms with Crippen LogP contribution in [0, 0.1) is 5.82 Å². The van der Waals surface area contributed by atoms with Gasteiger partial charge in [-0.1, -0.05) is 32.7 Å². The van der Waals surface area contributed by atoms with E-state index in [1.807, 2.05) is 0 Å². The van der Waals surface area contributed by atoms with Gasteiger partial charge in [-0.05, 0) is 18.2 Å². The smallest absolute Gasteiger partial charge is 0.147 e. The highest BCUT2D eigenvalue weighted by Gasteiger charge is 2.09. The largest absolute Gasteiger partial charge is 0.360 e. The first-order valence-electron chi connectivity index (χ1n) is 4.17. The fraction of sp³-hybridized carbons (Fsp3) is 0.100. The summed E-state index contributed by atoms with van der Waals surface area (Å²) in [7, 11) is 0. The number of alkyl halides is 1. The molecule has 2 aromatic rings. The van der Waals surface area contributed by atoms with Gasteiger partial charge in [-0.2, -0.15) is 0 Å². The van der Waals surface area contributed by atoms with Gasteiger partial charge in [0.25, 0.3) is 0 Å². The van der Waals surface area contributed by atoms with Crippen molar-refractivity contribution in [3.05, 3.63) is 40.9 Å². The minimum Gasteiger partial charge on any atom is -0.360 e. The second-order valence-electron chi connectivity index (χ2n) is 2.94. The molecule has 1 heterocycles. The van der Waals surface area contributed by atoms with Gasteiger partial charge in [0, 0.05) is 11.6 Å². The van der Waals surface area contributed by atoms with E-state index < -0.39 is 0 Å². The monoisotopic (exact) mass is 289 g/mol. The van der Waals surface area contributed by atoms with E-state index in [4.69, 9.17) is 16.1 Å². The number of rotatable bonds is 2. The highest BCUT2D eigenvalue weighted by Crippen LogP contribution is 2.28. The van der Waals surface area contributed by atoms with Crippen LogP contribution in [-0.2, 0) is 5.33 Å². The predicted octanol–water partition coefficient (Wildman–Crippen LogP) is 4.03. The van der Waals surface area contributed by atoms with Crippen LogP contribution in [0.5, 0.6) is 0 Å². The van der Waals surface area contributed by atoms with Gasteiger partial charge >= 0.3 is 0 Å². The minimum absolute atomic E-state index is 0.324. The zero-order valence-corrected chi connectivity index (χ0v) is 9.85. The van der Waals surface area contributed by atoms with Gasteiger partial charge in [0.1, 0.15) is 17.3 Å². The van der Waals surface area contributed by atoms with Crippen molar-refractivity contribution in [1.82, 2.24) is 5.16 Å². The van der Waals surface area contributed by atoms with Crippen LogP contribution in [0.1, 0.15) is 5.76 Å². The van der Waals surface area contributed by atoms with Crippen LogP contribution in [-0.4, -0.2) is 5.16 Å². The van der Waals surface area contributed by atoms with Crippen molar-refractivity contribution >= 4 is 27.5 Å². The van der Waals surface area contributed by atoms with Crippen LogP contribution >= 0.6 is 27.5 Å². The fourth-order valence-electron chi connectivity index (χ4n) is 1.20. The van der Waals surface area contributed by atoms with Crippen molar-refractivity contribution < 1.29 is 8.91 Å². The molecule has 0 unspecified atom stereocenters. The second-order valence-corrected chi connectivity index (χ2v) is 3.90. The van der Waals surface area contributed by atoms with E-state index in [1.165, 1.54) is 12.1 Å². The molecular formula is C10H6BrClFNO. The van der Waals surface area contributed by atoms with Gasteiger partial charge in [0.2, 0.25) is 0 Å². The molecule has 1 aromatic heterocycles. The molecule has 0 radical (unpaired) electrons. The van der Waals surface area contributed by atoms with Gasteiger partial charge in [-0.3, -0.25) is 0 Å². The first-order chi connectivity index (χ1) is 7.20. The summed E-state index contributed by atoms with van der Waals surface area (Å²) in [5.74, 6) is 0.332. The van der Waals surface area contributed by atoms with Crippen LogP contribution in [0.4, 0.5) is 4.39 Å². The summed E-state index contributed by atoms with van der Waals surface area (Å²) in [5.41, 5.74) is 1.27. The number of hydrogen-bond acceptors (Lipinski definition) is 2. The number of aromatic nitrogens is 1. The average Bonchev–Trinajstić information content (AvgIpc) is 2.66. The number of halogens is 3. The van der Waals surface area contributed by atoms with Crippen LogP contribution in [0.2, 0.25) is 5.02 Å². The third-order valence-electron chi connectivity index (χ3n) is 1.90. The van der Waals surface area contributed by atoms with Gasteiger partial charge in [0.05, 0.1) is 10.4 Å². The molecular weight excluding hydrogens is 284 g/mol.